The van der Waals surface area contributed by atoms with E-state index in [0.29, 0.717) is 15.9 Å². The minimum absolute atomic E-state index is 0.274. The smallest absolute Gasteiger partial charge is 0.263 e. The van der Waals surface area contributed by atoms with Crippen LogP contribution in [0.25, 0.3) is 0 Å². The van der Waals surface area contributed by atoms with Crippen LogP contribution in [-0.4, -0.2) is 20.4 Å². The van der Waals surface area contributed by atoms with Gasteiger partial charge in [0.05, 0.1) is 5.54 Å². The van der Waals surface area contributed by atoms with Crippen molar-refractivity contribution in [2.24, 2.45) is 0 Å². The monoisotopic (exact) mass is 272 g/mol. The fraction of sp³-hybridized carbons (Fsp3) is 0.333. The lowest BCUT2D eigenvalue weighted by molar-refractivity contribution is 0.0911. The summed E-state index contributed by atoms with van der Waals surface area (Å²) in [7, 11) is 0. The Bertz CT molecular complexity index is 523. The van der Waals surface area contributed by atoms with E-state index in [-0.39, 0.29) is 5.91 Å². The van der Waals surface area contributed by atoms with Crippen LogP contribution in [0.4, 0.5) is 0 Å². The molecule has 2 aromatic heterocycles. The molecule has 0 saturated heterocycles. The number of halogens is 1. The van der Waals surface area contributed by atoms with E-state index in [0.717, 1.165) is 11.5 Å². The second-order valence-corrected chi connectivity index (χ2v) is 5.04. The Morgan fingerprint density at radius 2 is 2.35 bits per heavy atom. The Kier molecular flexibility index (Phi) is 3.12. The predicted octanol–water partition coefficient (Wildman–Crippen LogP) is 1.84. The number of rotatable bonds is 3. The second-order valence-electron chi connectivity index (χ2n) is 3.85. The first-order valence-corrected chi connectivity index (χ1v) is 5.86. The van der Waals surface area contributed by atoms with Gasteiger partial charge in [0.2, 0.25) is 6.39 Å². The number of carbonyl (C=O) groups is 1. The Morgan fingerprint density at radius 1 is 1.59 bits per heavy atom. The summed E-state index contributed by atoms with van der Waals surface area (Å²) < 4.78 is 8.48. The van der Waals surface area contributed by atoms with Gasteiger partial charge in [0.25, 0.3) is 5.91 Å². The van der Waals surface area contributed by atoms with Gasteiger partial charge in [-0.2, -0.15) is 9.36 Å². The molecule has 8 heteroatoms. The van der Waals surface area contributed by atoms with E-state index in [1.165, 1.54) is 12.5 Å². The molecular formula is C9H9ClN4O2S. The van der Waals surface area contributed by atoms with E-state index in [4.69, 9.17) is 11.6 Å². The van der Waals surface area contributed by atoms with Crippen molar-refractivity contribution in [3.63, 3.8) is 0 Å². The van der Waals surface area contributed by atoms with Crippen LogP contribution in [0, 0.1) is 0 Å². The van der Waals surface area contributed by atoms with Crippen molar-refractivity contribution in [1.29, 1.82) is 0 Å². The number of amides is 1. The summed E-state index contributed by atoms with van der Waals surface area (Å²) in [5.41, 5.74) is -0.722. The number of carbonyl (C=O) groups excluding carboxylic acids is 1. The van der Waals surface area contributed by atoms with Crippen molar-refractivity contribution in [1.82, 2.24) is 19.8 Å². The van der Waals surface area contributed by atoms with Gasteiger partial charge in [-0.3, -0.25) is 4.79 Å². The Balaban J connectivity index is 2.13. The van der Waals surface area contributed by atoms with E-state index in [1.807, 2.05) is 0 Å². The third-order valence-electron chi connectivity index (χ3n) is 2.05. The van der Waals surface area contributed by atoms with Gasteiger partial charge in [0.15, 0.2) is 5.82 Å². The van der Waals surface area contributed by atoms with Crippen LogP contribution in [0.2, 0.25) is 5.15 Å². The zero-order valence-corrected chi connectivity index (χ0v) is 10.7. The quantitative estimate of drug-likeness (QED) is 0.922. The van der Waals surface area contributed by atoms with Gasteiger partial charge in [-0.25, -0.2) is 0 Å². The molecule has 1 amide bonds. The molecule has 0 aliphatic heterocycles. The lowest BCUT2D eigenvalue weighted by atomic mass is 10.1. The van der Waals surface area contributed by atoms with Crippen molar-refractivity contribution in [2.45, 2.75) is 19.4 Å². The van der Waals surface area contributed by atoms with E-state index >= 15 is 0 Å². The molecule has 0 fully saturated rings. The van der Waals surface area contributed by atoms with Crippen molar-refractivity contribution in [3.05, 3.63) is 28.3 Å². The maximum Gasteiger partial charge on any atom is 0.263 e. The third kappa shape index (κ3) is 2.62. The SMILES string of the molecule is CC(C)(NC(=O)c1cc(Cl)ns1)c1ncon1. The summed E-state index contributed by atoms with van der Waals surface area (Å²) >= 11 is 6.69. The van der Waals surface area contributed by atoms with Crippen LogP contribution in [0.5, 0.6) is 0 Å². The van der Waals surface area contributed by atoms with E-state index in [2.05, 4.69) is 24.4 Å². The fourth-order valence-electron chi connectivity index (χ4n) is 1.21. The zero-order valence-electron chi connectivity index (χ0n) is 9.10. The highest BCUT2D eigenvalue weighted by Gasteiger charge is 2.28. The molecule has 2 aromatic rings. The van der Waals surface area contributed by atoms with Gasteiger partial charge in [-0.1, -0.05) is 16.8 Å². The highest BCUT2D eigenvalue weighted by Crippen LogP contribution is 2.19. The molecule has 0 unspecified atom stereocenters. The zero-order chi connectivity index (χ0) is 12.5. The molecule has 2 heterocycles. The van der Waals surface area contributed by atoms with E-state index in [9.17, 15) is 4.79 Å². The normalized spacial score (nSPS) is 11.5. The average Bonchev–Trinajstić information content (AvgIpc) is 2.86. The number of hydrogen-bond donors (Lipinski definition) is 1. The third-order valence-corrected chi connectivity index (χ3v) is 3.13. The summed E-state index contributed by atoms with van der Waals surface area (Å²) in [4.78, 5) is 16.2. The van der Waals surface area contributed by atoms with Crippen LogP contribution in [0.3, 0.4) is 0 Å². The number of nitrogens with one attached hydrogen (secondary N) is 1. The van der Waals surface area contributed by atoms with Crippen molar-refractivity contribution in [3.8, 4) is 0 Å². The van der Waals surface area contributed by atoms with Crippen LogP contribution < -0.4 is 5.32 Å². The molecule has 0 bridgehead atoms. The van der Waals surface area contributed by atoms with Gasteiger partial charge in [0.1, 0.15) is 10.0 Å². The van der Waals surface area contributed by atoms with Gasteiger partial charge in [-0.15, -0.1) is 0 Å². The number of nitrogens with zero attached hydrogens (tertiary/aromatic N) is 3. The van der Waals surface area contributed by atoms with E-state index in [1.54, 1.807) is 13.8 Å². The number of aromatic nitrogens is 3. The lowest BCUT2D eigenvalue weighted by Crippen LogP contribution is -2.41. The van der Waals surface area contributed by atoms with Crippen LogP contribution in [0.1, 0.15) is 29.3 Å². The standard InChI is InChI=1S/C9H9ClN4O2S/c1-9(2,8-11-4-16-13-8)12-7(15)5-3-6(10)14-17-5/h3-4H,1-2H3,(H,12,15). The summed E-state index contributed by atoms with van der Waals surface area (Å²) in [5, 5.41) is 6.78. The first-order valence-electron chi connectivity index (χ1n) is 4.70. The number of hydrogen-bond acceptors (Lipinski definition) is 6. The molecule has 0 radical (unpaired) electrons. The maximum absolute atomic E-state index is 11.9. The topological polar surface area (TPSA) is 80.9 Å². The molecule has 90 valence electrons. The van der Waals surface area contributed by atoms with Gasteiger partial charge >= 0.3 is 0 Å². The Morgan fingerprint density at radius 3 is 2.88 bits per heavy atom. The van der Waals surface area contributed by atoms with E-state index < -0.39 is 5.54 Å². The summed E-state index contributed by atoms with van der Waals surface area (Å²) in [6.07, 6.45) is 1.22. The van der Waals surface area contributed by atoms with Gasteiger partial charge in [0, 0.05) is 6.07 Å². The molecule has 0 aliphatic rings. The van der Waals surface area contributed by atoms with Crippen LogP contribution in [-0.2, 0) is 5.54 Å². The summed E-state index contributed by atoms with van der Waals surface area (Å²) in [6.45, 7) is 3.55. The molecule has 17 heavy (non-hydrogen) atoms. The lowest BCUT2D eigenvalue weighted by Gasteiger charge is -2.21. The van der Waals surface area contributed by atoms with Crippen molar-refractivity contribution >= 4 is 29.0 Å². The molecule has 0 saturated carbocycles. The molecule has 0 aromatic carbocycles. The minimum Gasteiger partial charge on any atom is -0.343 e. The molecule has 0 spiro atoms. The summed E-state index contributed by atoms with van der Waals surface area (Å²) in [6, 6.07) is 1.51. The molecular weight excluding hydrogens is 264 g/mol. The Hall–Kier alpha value is -1.47. The molecule has 1 N–H and O–H groups in total. The second kappa shape index (κ2) is 4.42. The highest BCUT2D eigenvalue weighted by atomic mass is 35.5. The molecule has 2 rings (SSSR count). The first kappa shape index (κ1) is 12.0. The molecule has 0 atom stereocenters. The van der Waals surface area contributed by atoms with Crippen molar-refractivity contribution < 1.29 is 9.32 Å². The largest absolute Gasteiger partial charge is 0.343 e. The molecule has 6 nitrogen and oxygen atoms in total. The van der Waals surface area contributed by atoms with Crippen LogP contribution in [0.15, 0.2) is 17.0 Å². The first-order chi connectivity index (χ1) is 7.99. The summed E-state index contributed by atoms with van der Waals surface area (Å²) in [5.74, 6) is 0.130. The average molecular weight is 273 g/mol. The predicted molar refractivity (Wildman–Crippen MR) is 61.9 cm³/mol. The van der Waals surface area contributed by atoms with Crippen molar-refractivity contribution in [2.75, 3.05) is 0 Å². The van der Waals surface area contributed by atoms with Gasteiger partial charge < -0.3 is 9.84 Å². The maximum atomic E-state index is 11.9. The minimum atomic E-state index is -0.722. The fourth-order valence-corrected chi connectivity index (χ4v) is 2.02. The van der Waals surface area contributed by atoms with Gasteiger partial charge in [-0.05, 0) is 25.4 Å². The highest BCUT2D eigenvalue weighted by molar-refractivity contribution is 7.08. The van der Waals surface area contributed by atoms with Crippen LogP contribution >= 0.6 is 23.1 Å². The molecule has 0 aliphatic carbocycles. The Labute approximate surface area is 106 Å².